The minimum atomic E-state index is -0.830. The summed E-state index contributed by atoms with van der Waals surface area (Å²) in [6, 6.07) is 4.05. The van der Waals surface area contributed by atoms with E-state index >= 15 is 0 Å². The van der Waals surface area contributed by atoms with Crippen LogP contribution in [0.1, 0.15) is 24.8 Å². The highest BCUT2D eigenvalue weighted by Crippen LogP contribution is 2.47. The molecular weight excluding hydrogens is 212 g/mol. The molecule has 2 nitrogen and oxygen atoms in total. The fraction of sp³-hybridized carbons (Fsp3) is 0.417. The van der Waals surface area contributed by atoms with Crippen molar-refractivity contribution in [1.82, 2.24) is 0 Å². The van der Waals surface area contributed by atoms with Crippen LogP contribution in [0, 0.1) is 23.0 Å². The Morgan fingerprint density at radius 1 is 1.38 bits per heavy atom. The van der Waals surface area contributed by atoms with E-state index in [1.165, 1.54) is 7.11 Å². The summed E-state index contributed by atoms with van der Waals surface area (Å²) in [5.74, 6) is -1.26. The first kappa shape index (κ1) is 10.9. The Morgan fingerprint density at radius 2 is 2.06 bits per heavy atom. The maximum atomic E-state index is 13.7. The Balaban J connectivity index is 2.60. The molecule has 1 aromatic rings. The first-order valence-corrected chi connectivity index (χ1v) is 5.08. The van der Waals surface area contributed by atoms with Gasteiger partial charge in [-0.25, -0.2) is 8.78 Å². The standard InChI is InChI=1S/C12H11F2NO/c1-16-10-6-8(13)5-9(14)11(10)12(7-15)3-2-4-12/h5-6H,2-4H2,1H3. The van der Waals surface area contributed by atoms with Crippen LogP contribution in [0.3, 0.4) is 0 Å². The van der Waals surface area contributed by atoms with Gasteiger partial charge in [0.15, 0.2) is 0 Å². The number of benzene rings is 1. The summed E-state index contributed by atoms with van der Waals surface area (Å²) in [7, 11) is 1.35. The van der Waals surface area contributed by atoms with E-state index in [9.17, 15) is 8.78 Å². The quantitative estimate of drug-likeness (QED) is 0.772. The first-order valence-electron chi connectivity index (χ1n) is 5.08. The average molecular weight is 223 g/mol. The van der Waals surface area contributed by atoms with Crippen LogP contribution in [0.15, 0.2) is 12.1 Å². The van der Waals surface area contributed by atoms with Crippen molar-refractivity contribution in [2.45, 2.75) is 24.7 Å². The molecule has 1 fully saturated rings. The summed E-state index contributed by atoms with van der Waals surface area (Å²) in [6.07, 6.45) is 2.08. The van der Waals surface area contributed by atoms with Crippen LogP contribution in [0.2, 0.25) is 0 Å². The zero-order chi connectivity index (χ0) is 11.8. The van der Waals surface area contributed by atoms with E-state index in [0.717, 1.165) is 18.6 Å². The summed E-state index contributed by atoms with van der Waals surface area (Å²) in [5.41, 5.74) is -0.631. The topological polar surface area (TPSA) is 33.0 Å². The number of hydrogen-bond donors (Lipinski definition) is 0. The summed E-state index contributed by atoms with van der Waals surface area (Å²) in [6.45, 7) is 0. The molecule has 2 rings (SSSR count). The van der Waals surface area contributed by atoms with Gasteiger partial charge < -0.3 is 4.74 Å². The number of methoxy groups -OCH3 is 1. The van der Waals surface area contributed by atoms with E-state index in [2.05, 4.69) is 6.07 Å². The highest BCUT2D eigenvalue weighted by Gasteiger charge is 2.43. The molecule has 0 aromatic heterocycles. The molecule has 0 heterocycles. The van der Waals surface area contributed by atoms with Crippen molar-refractivity contribution in [2.75, 3.05) is 7.11 Å². The molecule has 0 N–H and O–H groups in total. The molecule has 4 heteroatoms. The van der Waals surface area contributed by atoms with Crippen LogP contribution in [0.5, 0.6) is 5.75 Å². The molecule has 0 aliphatic heterocycles. The molecule has 0 radical (unpaired) electrons. The SMILES string of the molecule is COc1cc(F)cc(F)c1C1(C#N)CCC1. The number of nitrogens with zero attached hydrogens (tertiary/aromatic N) is 1. The molecule has 1 aliphatic carbocycles. The van der Waals surface area contributed by atoms with Gasteiger partial charge in [-0.1, -0.05) is 0 Å². The second kappa shape index (κ2) is 3.75. The Labute approximate surface area is 92.5 Å². The van der Waals surface area contributed by atoms with E-state index < -0.39 is 17.0 Å². The van der Waals surface area contributed by atoms with E-state index in [1.54, 1.807) is 0 Å². The fourth-order valence-corrected chi connectivity index (χ4v) is 2.12. The van der Waals surface area contributed by atoms with E-state index in [0.29, 0.717) is 12.8 Å². The van der Waals surface area contributed by atoms with Crippen molar-refractivity contribution in [1.29, 1.82) is 5.26 Å². The lowest BCUT2D eigenvalue weighted by molar-refractivity contribution is 0.294. The maximum absolute atomic E-state index is 13.7. The van der Waals surface area contributed by atoms with Gasteiger partial charge in [-0.05, 0) is 19.3 Å². The van der Waals surface area contributed by atoms with Gasteiger partial charge in [0.25, 0.3) is 0 Å². The van der Waals surface area contributed by atoms with Gasteiger partial charge in [0.1, 0.15) is 17.4 Å². The van der Waals surface area contributed by atoms with Gasteiger partial charge in [-0.15, -0.1) is 0 Å². The molecule has 0 bridgehead atoms. The second-order valence-electron chi connectivity index (χ2n) is 4.01. The second-order valence-corrected chi connectivity index (χ2v) is 4.01. The van der Waals surface area contributed by atoms with Crippen LogP contribution in [0.25, 0.3) is 0 Å². The van der Waals surface area contributed by atoms with Crippen molar-refractivity contribution in [3.05, 3.63) is 29.3 Å². The van der Waals surface area contributed by atoms with Crippen molar-refractivity contribution >= 4 is 0 Å². The lowest BCUT2D eigenvalue weighted by Crippen LogP contribution is -2.34. The van der Waals surface area contributed by atoms with Gasteiger partial charge >= 0.3 is 0 Å². The van der Waals surface area contributed by atoms with Crippen LogP contribution in [0.4, 0.5) is 8.78 Å². The molecule has 0 spiro atoms. The fourth-order valence-electron chi connectivity index (χ4n) is 2.12. The Bertz CT molecular complexity index is 461. The molecule has 1 saturated carbocycles. The van der Waals surface area contributed by atoms with Crippen molar-refractivity contribution in [3.63, 3.8) is 0 Å². The molecule has 0 saturated heterocycles. The van der Waals surface area contributed by atoms with Crippen molar-refractivity contribution < 1.29 is 13.5 Å². The van der Waals surface area contributed by atoms with Crippen molar-refractivity contribution in [2.24, 2.45) is 0 Å². The monoisotopic (exact) mass is 223 g/mol. The molecule has 1 aromatic carbocycles. The number of nitriles is 1. The largest absolute Gasteiger partial charge is 0.496 e. The van der Waals surface area contributed by atoms with Gasteiger partial charge in [-0.3, -0.25) is 0 Å². The molecule has 0 unspecified atom stereocenters. The third-order valence-electron chi connectivity index (χ3n) is 3.14. The lowest BCUT2D eigenvalue weighted by atomic mass is 9.65. The van der Waals surface area contributed by atoms with Gasteiger partial charge in [0.05, 0.1) is 24.2 Å². The van der Waals surface area contributed by atoms with Crippen LogP contribution in [-0.2, 0) is 5.41 Å². The van der Waals surface area contributed by atoms with Crippen LogP contribution in [-0.4, -0.2) is 7.11 Å². The molecule has 0 amide bonds. The Morgan fingerprint density at radius 3 is 2.50 bits per heavy atom. The number of hydrogen-bond acceptors (Lipinski definition) is 2. The smallest absolute Gasteiger partial charge is 0.134 e. The minimum Gasteiger partial charge on any atom is -0.496 e. The maximum Gasteiger partial charge on any atom is 0.134 e. The molecule has 16 heavy (non-hydrogen) atoms. The zero-order valence-electron chi connectivity index (χ0n) is 8.89. The summed E-state index contributed by atoms with van der Waals surface area (Å²) < 4.78 is 31.7. The summed E-state index contributed by atoms with van der Waals surface area (Å²) in [4.78, 5) is 0. The van der Waals surface area contributed by atoms with E-state index in [4.69, 9.17) is 10.00 Å². The lowest BCUT2D eigenvalue weighted by Gasteiger charge is -2.36. The van der Waals surface area contributed by atoms with Gasteiger partial charge in [-0.2, -0.15) is 5.26 Å². The van der Waals surface area contributed by atoms with Gasteiger partial charge in [0.2, 0.25) is 0 Å². The van der Waals surface area contributed by atoms with E-state index in [-0.39, 0.29) is 11.3 Å². The minimum absolute atomic E-state index is 0.124. The number of ether oxygens (including phenoxy) is 1. The van der Waals surface area contributed by atoms with E-state index in [1.807, 2.05) is 0 Å². The molecular formula is C12H11F2NO. The zero-order valence-corrected chi connectivity index (χ0v) is 8.89. The third-order valence-corrected chi connectivity index (χ3v) is 3.14. The van der Waals surface area contributed by atoms with Crippen molar-refractivity contribution in [3.8, 4) is 11.8 Å². The highest BCUT2D eigenvalue weighted by molar-refractivity contribution is 5.46. The Kier molecular flexibility index (Phi) is 2.55. The predicted molar refractivity (Wildman–Crippen MR) is 54.1 cm³/mol. The van der Waals surface area contributed by atoms with Crippen LogP contribution >= 0.6 is 0 Å². The number of halogens is 2. The van der Waals surface area contributed by atoms with Crippen LogP contribution < -0.4 is 4.74 Å². The third kappa shape index (κ3) is 1.44. The molecule has 0 atom stereocenters. The summed E-state index contributed by atoms with van der Waals surface area (Å²) >= 11 is 0. The summed E-state index contributed by atoms with van der Waals surface area (Å²) in [5, 5.41) is 9.14. The predicted octanol–water partition coefficient (Wildman–Crippen LogP) is 2.92. The highest BCUT2D eigenvalue weighted by atomic mass is 19.1. The first-order chi connectivity index (χ1) is 7.63. The molecule has 1 aliphatic rings. The molecule has 84 valence electrons. The average Bonchev–Trinajstić information content (AvgIpc) is 2.19. The Hall–Kier alpha value is -1.63. The van der Waals surface area contributed by atoms with Gasteiger partial charge in [0, 0.05) is 12.1 Å². The normalized spacial score (nSPS) is 17.4. The number of rotatable bonds is 2.